The molecule has 3 aromatic carbocycles. The van der Waals surface area contributed by atoms with E-state index in [0.717, 1.165) is 16.0 Å². The summed E-state index contributed by atoms with van der Waals surface area (Å²) in [6, 6.07) is 26.9. The van der Waals surface area contributed by atoms with Gasteiger partial charge in [0.1, 0.15) is 0 Å². The number of nitrogens with one attached hydrogen (secondary N) is 1. The third-order valence-corrected chi connectivity index (χ3v) is 5.03. The molecule has 1 N–H and O–H groups in total. The van der Waals surface area contributed by atoms with Gasteiger partial charge in [-0.15, -0.1) is 11.8 Å². The van der Waals surface area contributed by atoms with Crippen LogP contribution < -0.4 is 5.32 Å². The average Bonchev–Trinajstić information content (AvgIpc) is 2.74. The summed E-state index contributed by atoms with van der Waals surface area (Å²) in [6.07, 6.45) is -0.882. The second-order valence-electron chi connectivity index (χ2n) is 6.13. The largest absolute Gasteiger partial charge is 0.452 e. The zero-order valence-corrected chi connectivity index (χ0v) is 16.3. The van der Waals surface area contributed by atoms with E-state index in [1.54, 1.807) is 6.92 Å². The lowest BCUT2D eigenvalue weighted by molar-refractivity contribution is -0.150. The number of hydrogen-bond donors (Lipinski definition) is 1. The van der Waals surface area contributed by atoms with Gasteiger partial charge in [-0.3, -0.25) is 9.59 Å². The van der Waals surface area contributed by atoms with Crippen LogP contribution in [-0.2, 0) is 14.3 Å². The van der Waals surface area contributed by atoms with Gasteiger partial charge in [-0.05, 0) is 30.7 Å². The van der Waals surface area contributed by atoms with Crippen molar-refractivity contribution in [1.82, 2.24) is 0 Å². The molecule has 0 aliphatic heterocycles. The first-order valence-electron chi connectivity index (χ1n) is 8.96. The first-order chi connectivity index (χ1) is 13.6. The van der Waals surface area contributed by atoms with Gasteiger partial charge < -0.3 is 10.1 Å². The van der Waals surface area contributed by atoms with Crippen LogP contribution in [0, 0.1) is 0 Å². The van der Waals surface area contributed by atoms with Gasteiger partial charge in [0.25, 0.3) is 5.91 Å². The summed E-state index contributed by atoms with van der Waals surface area (Å²) in [5, 5.41) is 2.86. The molecule has 0 saturated heterocycles. The van der Waals surface area contributed by atoms with E-state index in [-0.39, 0.29) is 11.7 Å². The van der Waals surface area contributed by atoms with Gasteiger partial charge in [0.2, 0.25) is 0 Å². The molecule has 1 amide bonds. The lowest BCUT2D eigenvalue weighted by atomic mass is 10.0. The molecule has 1 atom stereocenters. The number of hydrogen-bond acceptors (Lipinski definition) is 4. The van der Waals surface area contributed by atoms with E-state index in [1.165, 1.54) is 11.8 Å². The maximum Gasteiger partial charge on any atom is 0.317 e. The molecule has 3 aromatic rings. The molecular formula is C23H21NO3S. The normalized spacial score (nSPS) is 11.5. The first kappa shape index (κ1) is 19.7. The molecule has 0 spiro atoms. The highest BCUT2D eigenvalue weighted by Crippen LogP contribution is 2.27. The molecule has 0 heterocycles. The predicted molar refractivity (Wildman–Crippen MR) is 113 cm³/mol. The van der Waals surface area contributed by atoms with Crippen molar-refractivity contribution in [3.05, 3.63) is 84.9 Å². The maximum absolute atomic E-state index is 12.5. The van der Waals surface area contributed by atoms with Gasteiger partial charge in [-0.25, -0.2) is 0 Å². The van der Waals surface area contributed by atoms with Crippen molar-refractivity contribution in [1.29, 1.82) is 0 Å². The van der Waals surface area contributed by atoms with Crippen molar-refractivity contribution < 1.29 is 14.3 Å². The molecule has 0 fully saturated rings. The van der Waals surface area contributed by atoms with E-state index in [1.807, 2.05) is 84.9 Å². The number of esters is 1. The number of benzene rings is 3. The van der Waals surface area contributed by atoms with Crippen molar-refractivity contribution in [2.45, 2.75) is 17.9 Å². The Hall–Kier alpha value is -3.05. The molecule has 0 aromatic heterocycles. The van der Waals surface area contributed by atoms with Gasteiger partial charge in [0, 0.05) is 16.1 Å². The van der Waals surface area contributed by atoms with Gasteiger partial charge in [0.15, 0.2) is 6.10 Å². The Morgan fingerprint density at radius 1 is 0.893 bits per heavy atom. The monoisotopic (exact) mass is 391 g/mol. The zero-order chi connectivity index (χ0) is 19.8. The molecule has 0 aliphatic rings. The first-order valence-corrected chi connectivity index (χ1v) is 9.94. The minimum absolute atomic E-state index is 0.155. The summed E-state index contributed by atoms with van der Waals surface area (Å²) in [7, 11) is 0. The molecule has 3 rings (SSSR count). The van der Waals surface area contributed by atoms with Crippen LogP contribution in [0.1, 0.15) is 6.92 Å². The van der Waals surface area contributed by atoms with Crippen molar-refractivity contribution >= 4 is 29.3 Å². The standard InChI is InChI=1S/C23H21NO3S/c1-17(27-22(25)16-28-19-12-6-3-7-13-19)23(26)24-21-15-9-8-14-20(21)18-10-4-2-5-11-18/h2-15,17H,16H2,1H3,(H,24,26). The molecule has 1 unspecified atom stereocenters. The molecule has 28 heavy (non-hydrogen) atoms. The fourth-order valence-corrected chi connectivity index (χ4v) is 3.34. The fourth-order valence-electron chi connectivity index (χ4n) is 2.64. The summed E-state index contributed by atoms with van der Waals surface area (Å²) < 4.78 is 5.28. The number of amides is 1. The summed E-state index contributed by atoms with van der Waals surface area (Å²) in [4.78, 5) is 25.5. The quantitative estimate of drug-likeness (QED) is 0.454. The topological polar surface area (TPSA) is 55.4 Å². The number of thioether (sulfide) groups is 1. The number of para-hydroxylation sites is 1. The van der Waals surface area contributed by atoms with Crippen LogP contribution in [0.25, 0.3) is 11.1 Å². The van der Waals surface area contributed by atoms with Gasteiger partial charge in [0.05, 0.1) is 5.75 Å². The Morgan fingerprint density at radius 3 is 2.21 bits per heavy atom. The highest BCUT2D eigenvalue weighted by molar-refractivity contribution is 8.00. The summed E-state index contributed by atoms with van der Waals surface area (Å²) in [5.41, 5.74) is 2.59. The lowest BCUT2D eigenvalue weighted by Gasteiger charge is -2.16. The van der Waals surface area contributed by atoms with E-state index in [9.17, 15) is 9.59 Å². The molecule has 0 saturated carbocycles. The molecule has 5 heteroatoms. The lowest BCUT2D eigenvalue weighted by Crippen LogP contribution is -2.30. The van der Waals surface area contributed by atoms with Crippen molar-refractivity contribution in [3.8, 4) is 11.1 Å². The van der Waals surface area contributed by atoms with Crippen molar-refractivity contribution in [2.24, 2.45) is 0 Å². The highest BCUT2D eigenvalue weighted by atomic mass is 32.2. The van der Waals surface area contributed by atoms with Crippen molar-refractivity contribution in [2.75, 3.05) is 11.1 Å². The van der Waals surface area contributed by atoms with Crippen molar-refractivity contribution in [3.63, 3.8) is 0 Å². The Kier molecular flexibility index (Phi) is 6.87. The molecule has 4 nitrogen and oxygen atoms in total. The minimum atomic E-state index is -0.882. The van der Waals surface area contributed by atoms with Crippen LogP contribution in [0.2, 0.25) is 0 Å². The minimum Gasteiger partial charge on any atom is -0.452 e. The molecule has 0 radical (unpaired) electrons. The summed E-state index contributed by atoms with van der Waals surface area (Å²) in [5.74, 6) is -0.628. The third-order valence-electron chi connectivity index (χ3n) is 4.05. The average molecular weight is 391 g/mol. The van der Waals surface area contributed by atoms with Crippen LogP contribution in [0.5, 0.6) is 0 Å². The Labute approximate surface area is 168 Å². The highest BCUT2D eigenvalue weighted by Gasteiger charge is 2.19. The van der Waals surface area contributed by atoms with Gasteiger partial charge in [-0.2, -0.15) is 0 Å². The Morgan fingerprint density at radius 2 is 1.50 bits per heavy atom. The summed E-state index contributed by atoms with van der Waals surface area (Å²) >= 11 is 1.38. The second kappa shape index (κ2) is 9.76. The number of anilines is 1. The number of carbonyl (C=O) groups excluding carboxylic acids is 2. The Bertz CT molecular complexity index is 929. The number of rotatable bonds is 7. The SMILES string of the molecule is CC(OC(=O)CSc1ccccc1)C(=O)Nc1ccccc1-c1ccccc1. The van der Waals surface area contributed by atoms with E-state index in [4.69, 9.17) is 4.74 Å². The zero-order valence-electron chi connectivity index (χ0n) is 15.5. The molecule has 142 valence electrons. The fraction of sp³-hybridized carbons (Fsp3) is 0.130. The van der Waals surface area contributed by atoms with Crippen LogP contribution in [0.3, 0.4) is 0 Å². The van der Waals surface area contributed by atoms with Crippen LogP contribution in [0.15, 0.2) is 89.8 Å². The van der Waals surface area contributed by atoms with Crippen LogP contribution in [-0.4, -0.2) is 23.7 Å². The van der Waals surface area contributed by atoms with E-state index < -0.39 is 12.1 Å². The smallest absolute Gasteiger partial charge is 0.317 e. The predicted octanol–water partition coefficient (Wildman–Crippen LogP) is 5.02. The van der Waals surface area contributed by atoms with Gasteiger partial charge in [-0.1, -0.05) is 66.7 Å². The summed E-state index contributed by atoms with van der Waals surface area (Å²) in [6.45, 7) is 1.57. The van der Waals surface area contributed by atoms with E-state index >= 15 is 0 Å². The second-order valence-corrected chi connectivity index (χ2v) is 7.18. The third kappa shape index (κ3) is 5.47. The maximum atomic E-state index is 12.5. The molecule has 0 aliphatic carbocycles. The molecule has 0 bridgehead atoms. The van der Waals surface area contributed by atoms with Crippen LogP contribution in [0.4, 0.5) is 5.69 Å². The van der Waals surface area contributed by atoms with E-state index in [0.29, 0.717) is 5.69 Å². The Balaban J connectivity index is 1.58. The molecular weight excluding hydrogens is 370 g/mol. The van der Waals surface area contributed by atoms with E-state index in [2.05, 4.69) is 5.32 Å². The van der Waals surface area contributed by atoms with Crippen LogP contribution >= 0.6 is 11.8 Å². The number of carbonyl (C=O) groups is 2. The van der Waals surface area contributed by atoms with Gasteiger partial charge >= 0.3 is 5.97 Å². The number of ether oxygens (including phenoxy) is 1.